The molecule has 0 amide bonds. The lowest BCUT2D eigenvalue weighted by molar-refractivity contribution is 0.402. The first-order valence-electron chi connectivity index (χ1n) is 5.82. The highest BCUT2D eigenvalue weighted by atomic mass is 127. The van der Waals surface area contributed by atoms with Crippen LogP contribution in [-0.2, 0) is 6.54 Å². The zero-order valence-corrected chi connectivity index (χ0v) is 12.8. The maximum atomic E-state index is 4.50. The van der Waals surface area contributed by atoms with E-state index in [2.05, 4.69) is 42.7 Å². The third-order valence-electron chi connectivity index (χ3n) is 2.70. The Morgan fingerprint density at radius 1 is 1.26 bits per heavy atom. The molecule has 98 valence electrons. The smallest absolute Gasteiger partial charge is 0.182 e. The fraction of sp³-hybridized carbons (Fsp3) is 0.250. The van der Waals surface area contributed by atoms with Gasteiger partial charge in [0.25, 0.3) is 0 Å². The normalized spacial score (nSPS) is 11.6. The lowest BCUT2D eigenvalue weighted by atomic mass is 10.3. The van der Waals surface area contributed by atoms with Crippen LogP contribution in [0.3, 0.4) is 0 Å². The number of nitrogens with zero attached hydrogens (tertiary/aromatic N) is 6. The van der Waals surface area contributed by atoms with Gasteiger partial charge in [-0.3, -0.25) is 0 Å². The average molecular weight is 368 g/mol. The van der Waals surface area contributed by atoms with Crippen LogP contribution < -0.4 is 0 Å². The summed E-state index contributed by atoms with van der Waals surface area (Å²) >= 11 is 2.19. The van der Waals surface area contributed by atoms with Crippen molar-refractivity contribution in [3.05, 3.63) is 40.1 Å². The molecule has 0 unspecified atom stereocenters. The maximum Gasteiger partial charge on any atom is 0.182 e. The molecule has 0 atom stereocenters. The number of hydrogen-bond acceptors (Lipinski definition) is 4. The number of aromatic nitrogens is 5. The van der Waals surface area contributed by atoms with Gasteiger partial charge in [-0.25, -0.2) is 14.2 Å². The van der Waals surface area contributed by atoms with E-state index in [0.29, 0.717) is 0 Å². The molecule has 3 aromatic rings. The third-order valence-corrected chi connectivity index (χ3v) is 3.30. The van der Waals surface area contributed by atoms with Crippen molar-refractivity contribution >= 4 is 28.2 Å². The Bertz CT molecular complexity index is 714. The monoisotopic (exact) mass is 368 g/mol. The Morgan fingerprint density at radius 3 is 2.89 bits per heavy atom. The predicted octanol–water partition coefficient (Wildman–Crippen LogP) is 1.58. The molecule has 0 N–H and O–H groups in total. The van der Waals surface area contributed by atoms with Crippen LogP contribution in [-0.4, -0.2) is 43.4 Å². The Morgan fingerprint density at radius 2 is 2.11 bits per heavy atom. The van der Waals surface area contributed by atoms with Gasteiger partial charge in [0.2, 0.25) is 0 Å². The van der Waals surface area contributed by atoms with Crippen molar-refractivity contribution in [2.24, 2.45) is 0 Å². The highest BCUT2D eigenvalue weighted by Crippen LogP contribution is 2.15. The van der Waals surface area contributed by atoms with Crippen LogP contribution in [0.4, 0.5) is 0 Å². The Kier molecular flexibility index (Phi) is 3.23. The third kappa shape index (κ3) is 2.47. The summed E-state index contributed by atoms with van der Waals surface area (Å²) in [7, 11) is 4.08. The van der Waals surface area contributed by atoms with Gasteiger partial charge in [-0.15, -0.1) is 0 Å². The van der Waals surface area contributed by atoms with Crippen molar-refractivity contribution < 1.29 is 0 Å². The molecule has 0 aromatic carbocycles. The molecule has 0 saturated heterocycles. The molecule has 19 heavy (non-hydrogen) atoms. The van der Waals surface area contributed by atoms with E-state index >= 15 is 0 Å². The van der Waals surface area contributed by atoms with Gasteiger partial charge in [0, 0.05) is 24.5 Å². The van der Waals surface area contributed by atoms with Crippen LogP contribution >= 0.6 is 22.6 Å². The van der Waals surface area contributed by atoms with Gasteiger partial charge in [-0.2, -0.15) is 10.2 Å². The van der Waals surface area contributed by atoms with Gasteiger partial charge in [0.1, 0.15) is 9.39 Å². The van der Waals surface area contributed by atoms with E-state index in [1.165, 1.54) is 0 Å². The standard InChI is InChI=1S/C12H13IN6/c1-17(2)7-9-5-14-19(8-9)10-6-15-18-4-3-11(13)16-12(10)18/h3-6,8H,7H2,1-2H3. The summed E-state index contributed by atoms with van der Waals surface area (Å²) in [5.74, 6) is 0. The zero-order valence-electron chi connectivity index (χ0n) is 10.7. The van der Waals surface area contributed by atoms with E-state index in [1.54, 1.807) is 10.7 Å². The number of fused-ring (bicyclic) bond motifs is 1. The van der Waals surface area contributed by atoms with Crippen LogP contribution in [0, 0.1) is 3.70 Å². The molecular formula is C12H13IN6. The summed E-state index contributed by atoms with van der Waals surface area (Å²) < 4.78 is 4.52. The van der Waals surface area contributed by atoms with E-state index in [0.717, 1.165) is 27.1 Å². The molecule has 3 aromatic heterocycles. The Hall–Kier alpha value is -1.48. The molecule has 3 rings (SSSR count). The Labute approximate surface area is 124 Å². The second-order valence-electron chi connectivity index (χ2n) is 4.58. The van der Waals surface area contributed by atoms with Crippen molar-refractivity contribution in [1.29, 1.82) is 0 Å². The van der Waals surface area contributed by atoms with Gasteiger partial charge in [0.05, 0.1) is 12.4 Å². The lowest BCUT2D eigenvalue weighted by Gasteiger charge is -2.05. The summed E-state index contributed by atoms with van der Waals surface area (Å²) in [6, 6.07) is 1.92. The molecular weight excluding hydrogens is 355 g/mol. The first-order chi connectivity index (χ1) is 9.13. The average Bonchev–Trinajstić information content (AvgIpc) is 2.94. The van der Waals surface area contributed by atoms with Gasteiger partial charge < -0.3 is 4.90 Å². The van der Waals surface area contributed by atoms with Crippen molar-refractivity contribution in [1.82, 2.24) is 29.3 Å². The molecule has 3 heterocycles. The van der Waals surface area contributed by atoms with Crippen molar-refractivity contribution in [3.63, 3.8) is 0 Å². The molecule has 0 aliphatic rings. The largest absolute Gasteiger partial charge is 0.305 e. The predicted molar refractivity (Wildman–Crippen MR) is 80.2 cm³/mol. The number of halogens is 1. The van der Waals surface area contributed by atoms with Crippen LogP contribution in [0.25, 0.3) is 11.3 Å². The first-order valence-corrected chi connectivity index (χ1v) is 6.90. The quantitative estimate of drug-likeness (QED) is 0.521. The summed E-state index contributed by atoms with van der Waals surface area (Å²) in [4.78, 5) is 6.61. The topological polar surface area (TPSA) is 51.2 Å². The van der Waals surface area contributed by atoms with Crippen molar-refractivity contribution in [2.75, 3.05) is 14.1 Å². The molecule has 0 aliphatic heterocycles. The minimum atomic E-state index is 0.811. The molecule has 7 heteroatoms. The fourth-order valence-corrected chi connectivity index (χ4v) is 2.32. The zero-order chi connectivity index (χ0) is 13.4. The molecule has 0 spiro atoms. The van der Waals surface area contributed by atoms with Crippen LogP contribution in [0.15, 0.2) is 30.9 Å². The minimum absolute atomic E-state index is 0.811. The van der Waals surface area contributed by atoms with Crippen molar-refractivity contribution in [2.45, 2.75) is 6.54 Å². The second kappa shape index (κ2) is 4.89. The van der Waals surface area contributed by atoms with Crippen LogP contribution in [0.2, 0.25) is 0 Å². The summed E-state index contributed by atoms with van der Waals surface area (Å²) in [5, 5.41) is 8.67. The van der Waals surface area contributed by atoms with E-state index in [9.17, 15) is 0 Å². The SMILES string of the molecule is CN(C)Cc1cnn(-c2cnn3ccc(I)nc23)c1. The molecule has 0 radical (unpaired) electrons. The molecule has 6 nitrogen and oxygen atoms in total. The number of rotatable bonds is 3. The first kappa shape index (κ1) is 12.5. The summed E-state index contributed by atoms with van der Waals surface area (Å²) in [6.07, 6.45) is 7.57. The highest BCUT2D eigenvalue weighted by Gasteiger charge is 2.09. The number of hydrogen-bond donors (Lipinski definition) is 0. The van der Waals surface area contributed by atoms with Crippen LogP contribution in [0.1, 0.15) is 5.56 Å². The van der Waals surface area contributed by atoms with Crippen LogP contribution in [0.5, 0.6) is 0 Å². The Balaban J connectivity index is 2.04. The van der Waals surface area contributed by atoms with Gasteiger partial charge in [-0.1, -0.05) is 0 Å². The molecule has 0 saturated carbocycles. The van der Waals surface area contributed by atoms with E-state index in [4.69, 9.17) is 0 Å². The molecule has 0 aliphatic carbocycles. The minimum Gasteiger partial charge on any atom is -0.305 e. The molecule has 0 fully saturated rings. The maximum absolute atomic E-state index is 4.50. The van der Waals surface area contributed by atoms with Gasteiger partial charge in [0.15, 0.2) is 5.65 Å². The van der Waals surface area contributed by atoms with E-state index in [1.807, 2.05) is 43.4 Å². The second-order valence-corrected chi connectivity index (χ2v) is 5.68. The van der Waals surface area contributed by atoms with Crippen molar-refractivity contribution in [3.8, 4) is 5.69 Å². The molecule has 0 bridgehead atoms. The van der Waals surface area contributed by atoms with Gasteiger partial charge in [-0.05, 0) is 42.8 Å². The van der Waals surface area contributed by atoms with E-state index < -0.39 is 0 Å². The highest BCUT2D eigenvalue weighted by molar-refractivity contribution is 14.1. The summed E-state index contributed by atoms with van der Waals surface area (Å²) in [5.41, 5.74) is 2.87. The van der Waals surface area contributed by atoms with Gasteiger partial charge >= 0.3 is 0 Å². The fourth-order valence-electron chi connectivity index (χ4n) is 1.94. The lowest BCUT2D eigenvalue weighted by Crippen LogP contribution is -2.09. The van der Waals surface area contributed by atoms with E-state index in [-0.39, 0.29) is 0 Å². The summed E-state index contributed by atoms with van der Waals surface area (Å²) in [6.45, 7) is 0.865.